The summed E-state index contributed by atoms with van der Waals surface area (Å²) in [5, 5.41) is 8.99. The van der Waals surface area contributed by atoms with Crippen LogP contribution in [0.5, 0.6) is 0 Å². The lowest BCUT2D eigenvalue weighted by atomic mass is 10.2. The van der Waals surface area contributed by atoms with Crippen LogP contribution in [0.15, 0.2) is 18.2 Å². The van der Waals surface area contributed by atoms with E-state index < -0.39 is 0 Å². The molecule has 0 aliphatic rings. The van der Waals surface area contributed by atoms with Crippen LogP contribution < -0.4 is 0 Å². The third kappa shape index (κ3) is 2.89. The maximum absolute atomic E-state index is 8.99. The van der Waals surface area contributed by atoms with Gasteiger partial charge < -0.3 is 9.47 Å². The van der Waals surface area contributed by atoms with Crippen molar-refractivity contribution in [2.75, 3.05) is 20.1 Å². The van der Waals surface area contributed by atoms with Gasteiger partial charge in [0.25, 0.3) is 0 Å². The zero-order chi connectivity index (χ0) is 13.8. The summed E-state index contributed by atoms with van der Waals surface area (Å²) in [5.74, 6) is 1.24. The summed E-state index contributed by atoms with van der Waals surface area (Å²) in [6.45, 7) is 4.90. The van der Waals surface area contributed by atoms with Gasteiger partial charge in [-0.2, -0.15) is 5.26 Å². The van der Waals surface area contributed by atoms with Crippen molar-refractivity contribution < 1.29 is 0 Å². The molecule has 1 heterocycles. The van der Waals surface area contributed by atoms with Crippen LogP contribution in [0, 0.1) is 11.3 Å². The van der Waals surface area contributed by atoms with E-state index in [2.05, 4.69) is 34.5 Å². The topological polar surface area (TPSA) is 44.9 Å². The van der Waals surface area contributed by atoms with Crippen molar-refractivity contribution in [2.24, 2.45) is 0 Å². The molecule has 0 spiro atoms. The van der Waals surface area contributed by atoms with Crippen molar-refractivity contribution in [3.8, 4) is 6.07 Å². The van der Waals surface area contributed by atoms with Crippen LogP contribution in [-0.2, 0) is 12.4 Å². The number of nitriles is 1. The molecule has 0 fully saturated rings. The first-order valence-electron chi connectivity index (χ1n) is 6.33. The van der Waals surface area contributed by atoms with Crippen LogP contribution in [0.1, 0.15) is 18.3 Å². The highest BCUT2D eigenvalue weighted by atomic mass is 35.5. The minimum atomic E-state index is 0.381. The highest BCUT2D eigenvalue weighted by Crippen LogP contribution is 2.19. The quantitative estimate of drug-likeness (QED) is 0.789. The SMILES string of the molecule is CCN(C)CCn1c(CCl)nc2ccc(C#N)cc21. The van der Waals surface area contributed by atoms with E-state index in [9.17, 15) is 0 Å². The molecule has 0 amide bonds. The van der Waals surface area contributed by atoms with Crippen LogP contribution in [0.25, 0.3) is 11.0 Å². The first kappa shape index (κ1) is 13.9. The van der Waals surface area contributed by atoms with Gasteiger partial charge in [-0.3, -0.25) is 0 Å². The number of fused-ring (bicyclic) bond motifs is 1. The van der Waals surface area contributed by atoms with Gasteiger partial charge in [-0.05, 0) is 31.8 Å². The second-order valence-corrected chi connectivity index (χ2v) is 4.79. The number of alkyl halides is 1. The molecule has 0 atom stereocenters. The molecular formula is C14H17ClN4. The minimum Gasteiger partial charge on any atom is -0.326 e. The lowest BCUT2D eigenvalue weighted by Gasteiger charge is -2.15. The molecule has 0 aliphatic heterocycles. The lowest BCUT2D eigenvalue weighted by molar-refractivity contribution is 0.335. The Balaban J connectivity index is 2.41. The Labute approximate surface area is 118 Å². The number of likely N-dealkylation sites (N-methyl/N-ethyl adjacent to an activating group) is 1. The number of aromatic nitrogens is 2. The molecule has 2 rings (SSSR count). The van der Waals surface area contributed by atoms with Gasteiger partial charge in [-0.15, -0.1) is 11.6 Å². The van der Waals surface area contributed by atoms with Crippen molar-refractivity contribution in [1.29, 1.82) is 5.26 Å². The summed E-state index contributed by atoms with van der Waals surface area (Å²) in [6, 6.07) is 7.71. The smallest absolute Gasteiger partial charge is 0.124 e. The maximum Gasteiger partial charge on any atom is 0.124 e. The van der Waals surface area contributed by atoms with Gasteiger partial charge in [0.2, 0.25) is 0 Å². The molecule has 100 valence electrons. The average molecular weight is 277 g/mol. The summed E-state index contributed by atoms with van der Waals surface area (Å²) in [5.41, 5.74) is 2.53. The molecule has 5 heteroatoms. The van der Waals surface area contributed by atoms with Crippen LogP contribution in [-0.4, -0.2) is 34.6 Å². The molecular weight excluding hydrogens is 260 g/mol. The molecule has 2 aromatic rings. The summed E-state index contributed by atoms with van der Waals surface area (Å²) < 4.78 is 2.11. The Kier molecular flexibility index (Phi) is 4.41. The van der Waals surface area contributed by atoms with Gasteiger partial charge in [0, 0.05) is 13.1 Å². The summed E-state index contributed by atoms with van der Waals surface area (Å²) in [4.78, 5) is 6.75. The minimum absolute atomic E-state index is 0.381. The summed E-state index contributed by atoms with van der Waals surface area (Å²) in [7, 11) is 2.08. The van der Waals surface area contributed by atoms with Crippen molar-refractivity contribution in [2.45, 2.75) is 19.3 Å². The molecule has 1 aromatic heterocycles. The number of imidazole rings is 1. The van der Waals surface area contributed by atoms with Crippen LogP contribution in [0.4, 0.5) is 0 Å². The number of benzene rings is 1. The third-order valence-corrected chi connectivity index (χ3v) is 3.56. The maximum atomic E-state index is 8.99. The molecule has 0 bridgehead atoms. The average Bonchev–Trinajstić information content (AvgIpc) is 2.81. The van der Waals surface area contributed by atoms with Gasteiger partial charge in [0.15, 0.2) is 0 Å². The second-order valence-electron chi connectivity index (χ2n) is 4.52. The van der Waals surface area contributed by atoms with E-state index in [0.29, 0.717) is 11.4 Å². The standard InChI is InChI=1S/C14H17ClN4/c1-3-18(2)6-7-19-13-8-11(10-16)4-5-12(13)17-14(19)9-15/h4-5,8H,3,6-7,9H2,1-2H3. The zero-order valence-corrected chi connectivity index (χ0v) is 12.0. The zero-order valence-electron chi connectivity index (χ0n) is 11.2. The predicted octanol–water partition coefficient (Wildman–Crippen LogP) is 2.60. The third-order valence-electron chi connectivity index (χ3n) is 3.32. The number of rotatable bonds is 5. The van der Waals surface area contributed by atoms with E-state index in [1.54, 1.807) is 6.07 Å². The Morgan fingerprint density at radius 1 is 1.47 bits per heavy atom. The normalized spacial score (nSPS) is 11.1. The molecule has 4 nitrogen and oxygen atoms in total. The largest absolute Gasteiger partial charge is 0.326 e. The van der Waals surface area contributed by atoms with Crippen molar-refractivity contribution in [1.82, 2.24) is 14.5 Å². The summed E-state index contributed by atoms with van der Waals surface area (Å²) in [6.07, 6.45) is 0. The fraction of sp³-hybridized carbons (Fsp3) is 0.429. The number of halogens is 1. The van der Waals surface area contributed by atoms with Crippen molar-refractivity contribution in [3.63, 3.8) is 0 Å². The van der Waals surface area contributed by atoms with Gasteiger partial charge in [0.05, 0.1) is 28.5 Å². The molecule has 0 N–H and O–H groups in total. The predicted molar refractivity (Wildman–Crippen MR) is 77.2 cm³/mol. The second kappa shape index (κ2) is 6.05. The van der Waals surface area contributed by atoms with Crippen molar-refractivity contribution >= 4 is 22.6 Å². The molecule has 0 radical (unpaired) electrons. The van der Waals surface area contributed by atoms with E-state index in [0.717, 1.165) is 36.5 Å². The molecule has 1 aromatic carbocycles. The van der Waals surface area contributed by atoms with E-state index in [1.807, 2.05) is 12.1 Å². The highest BCUT2D eigenvalue weighted by molar-refractivity contribution is 6.16. The fourth-order valence-corrected chi connectivity index (χ4v) is 2.23. The molecule has 0 unspecified atom stereocenters. The Morgan fingerprint density at radius 2 is 2.26 bits per heavy atom. The monoisotopic (exact) mass is 276 g/mol. The van der Waals surface area contributed by atoms with Gasteiger partial charge >= 0.3 is 0 Å². The Morgan fingerprint density at radius 3 is 2.89 bits per heavy atom. The molecule has 0 saturated carbocycles. The van der Waals surface area contributed by atoms with Crippen LogP contribution >= 0.6 is 11.6 Å². The van der Waals surface area contributed by atoms with Crippen LogP contribution in [0.2, 0.25) is 0 Å². The van der Waals surface area contributed by atoms with Crippen molar-refractivity contribution in [3.05, 3.63) is 29.6 Å². The first-order chi connectivity index (χ1) is 9.19. The first-order valence-corrected chi connectivity index (χ1v) is 6.86. The number of nitrogens with zero attached hydrogens (tertiary/aromatic N) is 4. The Bertz CT molecular complexity index is 612. The van der Waals surface area contributed by atoms with E-state index in [4.69, 9.17) is 16.9 Å². The van der Waals surface area contributed by atoms with Crippen LogP contribution in [0.3, 0.4) is 0 Å². The lowest BCUT2D eigenvalue weighted by Crippen LogP contribution is -2.23. The fourth-order valence-electron chi connectivity index (χ4n) is 2.02. The molecule has 0 saturated heterocycles. The van der Waals surface area contributed by atoms with Gasteiger partial charge in [0.1, 0.15) is 5.82 Å². The molecule has 0 aliphatic carbocycles. The van der Waals surface area contributed by atoms with Gasteiger partial charge in [-0.1, -0.05) is 6.92 Å². The van der Waals surface area contributed by atoms with E-state index in [1.165, 1.54) is 0 Å². The highest BCUT2D eigenvalue weighted by Gasteiger charge is 2.11. The van der Waals surface area contributed by atoms with Gasteiger partial charge in [-0.25, -0.2) is 4.98 Å². The summed E-state index contributed by atoms with van der Waals surface area (Å²) >= 11 is 5.96. The Hall–Kier alpha value is -1.57. The number of hydrogen-bond acceptors (Lipinski definition) is 3. The number of hydrogen-bond donors (Lipinski definition) is 0. The molecule has 19 heavy (non-hydrogen) atoms. The van der Waals surface area contributed by atoms with E-state index in [-0.39, 0.29) is 0 Å². The van der Waals surface area contributed by atoms with E-state index >= 15 is 0 Å².